The Hall–Kier alpha value is -3.02. The van der Waals surface area contributed by atoms with E-state index in [1.165, 1.54) is 7.11 Å². The molecular formula is C19H22N2O4. The number of urea groups is 1. The molecule has 6 heteroatoms. The Balaban J connectivity index is 1.97. The molecule has 1 atom stereocenters. The molecular weight excluding hydrogens is 320 g/mol. The molecule has 0 saturated heterocycles. The molecule has 0 spiro atoms. The number of nitrogens with one attached hydrogen (secondary N) is 2. The highest BCUT2D eigenvalue weighted by molar-refractivity contribution is 5.92. The summed E-state index contributed by atoms with van der Waals surface area (Å²) in [5, 5.41) is 5.34. The van der Waals surface area contributed by atoms with Gasteiger partial charge in [-0.3, -0.25) is 0 Å². The summed E-state index contributed by atoms with van der Waals surface area (Å²) in [5.74, 6) is 0.232. The molecule has 25 heavy (non-hydrogen) atoms. The lowest BCUT2D eigenvalue weighted by atomic mass is 10.1. The fourth-order valence-corrected chi connectivity index (χ4v) is 2.31. The van der Waals surface area contributed by atoms with E-state index in [2.05, 4.69) is 10.6 Å². The van der Waals surface area contributed by atoms with Crippen LogP contribution in [0.2, 0.25) is 0 Å². The molecule has 0 aliphatic heterocycles. The molecule has 6 nitrogen and oxygen atoms in total. The third-order valence-electron chi connectivity index (χ3n) is 3.50. The summed E-state index contributed by atoms with van der Waals surface area (Å²) < 4.78 is 10.1. The molecule has 2 rings (SSSR count). The van der Waals surface area contributed by atoms with Gasteiger partial charge in [0, 0.05) is 12.1 Å². The highest BCUT2D eigenvalue weighted by Gasteiger charge is 2.22. The van der Waals surface area contributed by atoms with Crippen molar-refractivity contribution < 1.29 is 19.1 Å². The Labute approximate surface area is 147 Å². The Kier molecular flexibility index (Phi) is 6.83. The van der Waals surface area contributed by atoms with E-state index < -0.39 is 18.0 Å². The second-order valence-electron chi connectivity index (χ2n) is 5.32. The van der Waals surface area contributed by atoms with Gasteiger partial charge in [0.1, 0.15) is 11.8 Å². The number of hydrogen-bond acceptors (Lipinski definition) is 4. The van der Waals surface area contributed by atoms with Crippen LogP contribution in [0.25, 0.3) is 0 Å². The molecule has 132 valence electrons. The fourth-order valence-electron chi connectivity index (χ4n) is 2.31. The zero-order chi connectivity index (χ0) is 18.1. The van der Waals surface area contributed by atoms with Crippen molar-refractivity contribution in [2.45, 2.75) is 19.4 Å². The monoisotopic (exact) mass is 342 g/mol. The first-order valence-corrected chi connectivity index (χ1v) is 8.04. The first-order valence-electron chi connectivity index (χ1n) is 8.04. The van der Waals surface area contributed by atoms with E-state index >= 15 is 0 Å². The van der Waals surface area contributed by atoms with Gasteiger partial charge in [-0.25, -0.2) is 9.59 Å². The average Bonchev–Trinajstić information content (AvgIpc) is 2.63. The Morgan fingerprint density at radius 2 is 1.72 bits per heavy atom. The first kappa shape index (κ1) is 18.3. The normalized spacial score (nSPS) is 11.3. The van der Waals surface area contributed by atoms with Crippen LogP contribution in [0.15, 0.2) is 54.6 Å². The molecule has 0 aromatic heterocycles. The molecule has 0 unspecified atom stereocenters. The van der Waals surface area contributed by atoms with E-state index in [9.17, 15) is 9.59 Å². The number of hydrogen-bond donors (Lipinski definition) is 2. The third kappa shape index (κ3) is 5.84. The summed E-state index contributed by atoms with van der Waals surface area (Å²) in [6.45, 7) is 2.48. The van der Waals surface area contributed by atoms with Gasteiger partial charge in [0.2, 0.25) is 0 Å². The standard InChI is InChI=1S/C19H22N2O4/c1-3-25-16-11-9-15(10-12-16)20-19(23)21-17(18(22)24-2)13-14-7-5-4-6-8-14/h4-12,17H,3,13H2,1-2H3,(H2,20,21,23)/t17-/m1/s1. The number of carbonyl (C=O) groups excluding carboxylic acids is 2. The van der Waals surface area contributed by atoms with Crippen molar-refractivity contribution in [1.82, 2.24) is 5.32 Å². The van der Waals surface area contributed by atoms with Gasteiger partial charge in [0.25, 0.3) is 0 Å². The highest BCUT2D eigenvalue weighted by Crippen LogP contribution is 2.15. The van der Waals surface area contributed by atoms with Crippen molar-refractivity contribution in [1.29, 1.82) is 0 Å². The van der Waals surface area contributed by atoms with E-state index in [0.717, 1.165) is 11.3 Å². The molecule has 0 aliphatic rings. The Bertz CT molecular complexity index is 686. The molecule has 0 heterocycles. The van der Waals surface area contributed by atoms with E-state index in [4.69, 9.17) is 9.47 Å². The van der Waals surface area contributed by atoms with Crippen LogP contribution in [0.4, 0.5) is 10.5 Å². The van der Waals surface area contributed by atoms with Crippen molar-refractivity contribution in [2.75, 3.05) is 19.0 Å². The van der Waals surface area contributed by atoms with Gasteiger partial charge in [-0.05, 0) is 36.8 Å². The van der Waals surface area contributed by atoms with Gasteiger partial charge in [-0.2, -0.15) is 0 Å². The minimum absolute atomic E-state index is 0.351. The van der Waals surface area contributed by atoms with Crippen LogP contribution < -0.4 is 15.4 Å². The number of carbonyl (C=O) groups is 2. The molecule has 0 bridgehead atoms. The number of ether oxygens (including phenoxy) is 2. The maximum atomic E-state index is 12.2. The van der Waals surface area contributed by atoms with Crippen molar-refractivity contribution >= 4 is 17.7 Å². The van der Waals surface area contributed by atoms with Crippen LogP contribution in [0, 0.1) is 0 Å². The summed E-state index contributed by atoms with van der Waals surface area (Å²) in [6, 6.07) is 15.2. The smallest absolute Gasteiger partial charge is 0.328 e. The summed E-state index contributed by atoms with van der Waals surface area (Å²) in [5.41, 5.74) is 1.53. The number of anilines is 1. The summed E-state index contributed by atoms with van der Waals surface area (Å²) in [7, 11) is 1.30. The predicted octanol–water partition coefficient (Wildman–Crippen LogP) is 2.99. The van der Waals surface area contributed by atoms with Gasteiger partial charge in [-0.1, -0.05) is 30.3 Å². The lowest BCUT2D eigenvalue weighted by molar-refractivity contribution is -0.142. The van der Waals surface area contributed by atoms with Gasteiger partial charge in [0.15, 0.2) is 0 Å². The number of esters is 1. The van der Waals surface area contributed by atoms with Crippen LogP contribution in [-0.2, 0) is 16.0 Å². The number of methoxy groups -OCH3 is 1. The van der Waals surface area contributed by atoms with Crippen molar-refractivity contribution in [3.63, 3.8) is 0 Å². The van der Waals surface area contributed by atoms with Crippen LogP contribution in [-0.4, -0.2) is 31.8 Å². The van der Waals surface area contributed by atoms with E-state index in [-0.39, 0.29) is 0 Å². The predicted molar refractivity (Wildman–Crippen MR) is 95.7 cm³/mol. The minimum Gasteiger partial charge on any atom is -0.494 e. The third-order valence-corrected chi connectivity index (χ3v) is 3.50. The van der Waals surface area contributed by atoms with E-state index in [1.807, 2.05) is 37.3 Å². The maximum Gasteiger partial charge on any atom is 0.328 e. The molecule has 2 N–H and O–H groups in total. The summed E-state index contributed by atoms with van der Waals surface area (Å²) in [4.78, 5) is 24.1. The maximum absolute atomic E-state index is 12.2. The summed E-state index contributed by atoms with van der Waals surface area (Å²) in [6.07, 6.45) is 0.351. The molecule has 0 saturated carbocycles. The molecule has 2 aromatic rings. The fraction of sp³-hybridized carbons (Fsp3) is 0.263. The quantitative estimate of drug-likeness (QED) is 0.759. The van der Waals surface area contributed by atoms with E-state index in [1.54, 1.807) is 24.3 Å². The lowest BCUT2D eigenvalue weighted by Gasteiger charge is -2.17. The van der Waals surface area contributed by atoms with Crippen molar-refractivity contribution in [3.05, 3.63) is 60.2 Å². The highest BCUT2D eigenvalue weighted by atomic mass is 16.5. The molecule has 0 fully saturated rings. The number of amides is 2. The topological polar surface area (TPSA) is 76.7 Å². The zero-order valence-corrected chi connectivity index (χ0v) is 14.3. The lowest BCUT2D eigenvalue weighted by Crippen LogP contribution is -2.45. The minimum atomic E-state index is -0.768. The van der Waals surface area contributed by atoms with Crippen LogP contribution in [0.5, 0.6) is 5.75 Å². The molecule has 0 radical (unpaired) electrons. The average molecular weight is 342 g/mol. The molecule has 2 amide bonds. The Morgan fingerprint density at radius 3 is 2.32 bits per heavy atom. The van der Waals surface area contributed by atoms with Crippen molar-refractivity contribution in [3.8, 4) is 5.75 Å². The van der Waals surface area contributed by atoms with Crippen LogP contribution in [0.3, 0.4) is 0 Å². The number of benzene rings is 2. The number of rotatable bonds is 7. The second-order valence-corrected chi connectivity index (χ2v) is 5.32. The van der Waals surface area contributed by atoms with Gasteiger partial charge < -0.3 is 20.1 Å². The van der Waals surface area contributed by atoms with Crippen LogP contribution in [0.1, 0.15) is 12.5 Å². The first-order chi connectivity index (χ1) is 12.1. The largest absolute Gasteiger partial charge is 0.494 e. The van der Waals surface area contributed by atoms with Gasteiger partial charge in [-0.15, -0.1) is 0 Å². The zero-order valence-electron chi connectivity index (χ0n) is 14.3. The Morgan fingerprint density at radius 1 is 1.04 bits per heavy atom. The van der Waals surface area contributed by atoms with E-state index in [0.29, 0.717) is 18.7 Å². The van der Waals surface area contributed by atoms with Gasteiger partial charge >= 0.3 is 12.0 Å². The summed E-state index contributed by atoms with van der Waals surface area (Å²) >= 11 is 0. The van der Waals surface area contributed by atoms with Crippen molar-refractivity contribution in [2.24, 2.45) is 0 Å². The van der Waals surface area contributed by atoms with Gasteiger partial charge in [0.05, 0.1) is 13.7 Å². The molecule has 0 aliphatic carbocycles. The molecule has 2 aromatic carbocycles. The van der Waals surface area contributed by atoms with Crippen LogP contribution >= 0.6 is 0 Å². The SMILES string of the molecule is CCOc1ccc(NC(=O)N[C@H](Cc2ccccc2)C(=O)OC)cc1. The second kappa shape index (κ2) is 9.32.